The van der Waals surface area contributed by atoms with E-state index in [0.717, 1.165) is 0 Å². The van der Waals surface area contributed by atoms with Gasteiger partial charge in [-0.25, -0.2) is 5.43 Å². The van der Waals surface area contributed by atoms with E-state index in [0.29, 0.717) is 11.3 Å². The van der Waals surface area contributed by atoms with E-state index in [2.05, 4.69) is 26.0 Å². The number of nitrogens with one attached hydrogen (secondary N) is 2. The second kappa shape index (κ2) is 8.18. The molecule has 0 saturated heterocycles. The van der Waals surface area contributed by atoms with Gasteiger partial charge >= 0.3 is 0 Å². The van der Waals surface area contributed by atoms with Crippen molar-refractivity contribution in [1.29, 1.82) is 0 Å². The summed E-state index contributed by atoms with van der Waals surface area (Å²) in [6.45, 7) is 1.44. The number of carbonyl (C=O) groups excluding carboxylic acids is 2. The Morgan fingerprint density at radius 2 is 1.75 bits per heavy atom. The quantitative estimate of drug-likeness (QED) is 0.440. The van der Waals surface area contributed by atoms with E-state index in [1.165, 1.54) is 31.5 Å². The molecule has 0 spiro atoms. The van der Waals surface area contributed by atoms with E-state index >= 15 is 0 Å². The molecule has 0 aliphatic rings. The van der Waals surface area contributed by atoms with Gasteiger partial charge in [0.15, 0.2) is 5.71 Å². The highest BCUT2D eigenvalue weighted by Crippen LogP contribution is 2.05. The lowest BCUT2D eigenvalue weighted by atomic mass is 10.2. The Labute approximate surface area is 137 Å². The standard InChI is InChI=1S/C16H15N5O3/c1-11(19-20-15(22)12-7-9-17-10-8-12)14(21-24)16(23)18-13-5-3-2-4-6-13/h2-10,24H,1H3,(H,18,23)(H,20,22)/b19-11+,21-14+. The van der Waals surface area contributed by atoms with E-state index < -0.39 is 11.8 Å². The fourth-order valence-electron chi connectivity index (χ4n) is 1.75. The first-order valence-corrected chi connectivity index (χ1v) is 6.95. The molecular formula is C16H15N5O3. The van der Waals surface area contributed by atoms with Crippen LogP contribution >= 0.6 is 0 Å². The molecule has 8 heteroatoms. The van der Waals surface area contributed by atoms with E-state index in [4.69, 9.17) is 5.21 Å². The summed E-state index contributed by atoms with van der Waals surface area (Å²) in [5.74, 6) is -1.12. The molecule has 0 aliphatic heterocycles. The van der Waals surface area contributed by atoms with Crippen LogP contribution in [0.3, 0.4) is 0 Å². The van der Waals surface area contributed by atoms with Gasteiger partial charge in [-0.3, -0.25) is 14.6 Å². The molecule has 24 heavy (non-hydrogen) atoms. The van der Waals surface area contributed by atoms with Crippen molar-refractivity contribution in [3.63, 3.8) is 0 Å². The Kier molecular flexibility index (Phi) is 5.73. The Hall–Kier alpha value is -3.55. The number of rotatable bonds is 5. The zero-order chi connectivity index (χ0) is 17.4. The van der Waals surface area contributed by atoms with Crippen molar-refractivity contribution in [2.45, 2.75) is 6.92 Å². The number of pyridine rings is 1. The molecule has 1 aromatic carbocycles. The minimum absolute atomic E-state index is 0.0494. The van der Waals surface area contributed by atoms with Gasteiger partial charge in [0, 0.05) is 23.6 Å². The summed E-state index contributed by atoms with van der Waals surface area (Å²) in [5, 5.41) is 18.3. The Morgan fingerprint density at radius 1 is 1.08 bits per heavy atom. The van der Waals surface area contributed by atoms with Gasteiger partial charge in [-0.15, -0.1) is 0 Å². The SMILES string of the molecule is CC(=N\NC(=O)c1ccncc1)/C(=N\O)C(=O)Nc1ccccc1. The highest BCUT2D eigenvalue weighted by atomic mass is 16.4. The molecular weight excluding hydrogens is 310 g/mol. The van der Waals surface area contributed by atoms with Gasteiger partial charge in [0.05, 0.1) is 5.71 Å². The third-order valence-electron chi connectivity index (χ3n) is 2.96. The molecule has 0 fully saturated rings. The van der Waals surface area contributed by atoms with Crippen LogP contribution in [0.25, 0.3) is 0 Å². The minimum atomic E-state index is -0.650. The number of para-hydroxylation sites is 1. The molecule has 8 nitrogen and oxygen atoms in total. The summed E-state index contributed by atoms with van der Waals surface area (Å²) < 4.78 is 0. The second-order valence-corrected chi connectivity index (χ2v) is 4.64. The summed E-state index contributed by atoms with van der Waals surface area (Å²) >= 11 is 0. The number of oxime groups is 1. The van der Waals surface area contributed by atoms with Gasteiger partial charge < -0.3 is 10.5 Å². The number of anilines is 1. The van der Waals surface area contributed by atoms with Crippen LogP contribution in [0.1, 0.15) is 17.3 Å². The average Bonchev–Trinajstić information content (AvgIpc) is 2.62. The van der Waals surface area contributed by atoms with Gasteiger partial charge in [-0.2, -0.15) is 5.10 Å². The lowest BCUT2D eigenvalue weighted by Crippen LogP contribution is -2.31. The van der Waals surface area contributed by atoms with Crippen molar-refractivity contribution in [3.05, 3.63) is 60.4 Å². The van der Waals surface area contributed by atoms with Crippen molar-refractivity contribution in [3.8, 4) is 0 Å². The minimum Gasteiger partial charge on any atom is -0.410 e. The van der Waals surface area contributed by atoms with Crippen molar-refractivity contribution < 1.29 is 14.8 Å². The summed E-state index contributed by atoms with van der Waals surface area (Å²) in [6, 6.07) is 11.7. The molecule has 122 valence electrons. The maximum atomic E-state index is 12.1. The fraction of sp³-hybridized carbons (Fsp3) is 0.0625. The molecule has 2 amide bonds. The van der Waals surface area contributed by atoms with Crippen LogP contribution < -0.4 is 10.7 Å². The van der Waals surface area contributed by atoms with E-state index in [1.54, 1.807) is 30.3 Å². The van der Waals surface area contributed by atoms with E-state index in [1.807, 2.05) is 0 Å². The van der Waals surface area contributed by atoms with Gasteiger partial charge in [0.25, 0.3) is 11.8 Å². The zero-order valence-electron chi connectivity index (χ0n) is 12.8. The largest absolute Gasteiger partial charge is 0.410 e. The average molecular weight is 325 g/mol. The molecule has 0 saturated carbocycles. The number of amides is 2. The number of aromatic nitrogens is 1. The number of hydrogen-bond donors (Lipinski definition) is 3. The van der Waals surface area contributed by atoms with Crippen molar-refractivity contribution in [2.24, 2.45) is 10.3 Å². The summed E-state index contributed by atoms with van der Waals surface area (Å²) in [6.07, 6.45) is 2.94. The molecule has 0 bridgehead atoms. The zero-order valence-corrected chi connectivity index (χ0v) is 12.8. The van der Waals surface area contributed by atoms with Gasteiger partial charge in [0.2, 0.25) is 0 Å². The van der Waals surface area contributed by atoms with Crippen LogP contribution in [0, 0.1) is 0 Å². The predicted octanol–water partition coefficient (Wildman–Crippen LogP) is 1.66. The molecule has 2 aromatic rings. The lowest BCUT2D eigenvalue weighted by Gasteiger charge is -2.06. The summed E-state index contributed by atoms with van der Waals surface area (Å²) in [4.78, 5) is 27.8. The Balaban J connectivity index is 2.04. The Morgan fingerprint density at radius 3 is 2.38 bits per heavy atom. The van der Waals surface area contributed by atoms with Gasteiger partial charge in [0.1, 0.15) is 0 Å². The van der Waals surface area contributed by atoms with E-state index in [9.17, 15) is 9.59 Å². The highest BCUT2D eigenvalue weighted by molar-refractivity contribution is 6.68. The van der Waals surface area contributed by atoms with Crippen molar-refractivity contribution >= 4 is 28.9 Å². The van der Waals surface area contributed by atoms with Crippen LogP contribution in [0.4, 0.5) is 5.69 Å². The summed E-state index contributed by atoms with van der Waals surface area (Å²) in [5.41, 5.74) is 2.92. The Bertz CT molecular complexity index is 773. The first kappa shape index (κ1) is 16.8. The van der Waals surface area contributed by atoms with Crippen molar-refractivity contribution in [2.75, 3.05) is 5.32 Å². The maximum absolute atomic E-state index is 12.1. The first-order chi connectivity index (χ1) is 11.6. The van der Waals surface area contributed by atoms with Crippen LogP contribution in [-0.2, 0) is 4.79 Å². The van der Waals surface area contributed by atoms with Gasteiger partial charge in [-0.05, 0) is 31.2 Å². The van der Waals surface area contributed by atoms with Crippen LogP contribution in [0.15, 0.2) is 65.1 Å². The molecule has 2 rings (SSSR count). The third kappa shape index (κ3) is 4.47. The predicted molar refractivity (Wildman–Crippen MR) is 89.1 cm³/mol. The van der Waals surface area contributed by atoms with Crippen LogP contribution in [0.2, 0.25) is 0 Å². The molecule has 1 aromatic heterocycles. The first-order valence-electron chi connectivity index (χ1n) is 6.95. The normalized spacial score (nSPS) is 11.7. The number of hydrogen-bond acceptors (Lipinski definition) is 6. The lowest BCUT2D eigenvalue weighted by molar-refractivity contribution is -0.110. The summed E-state index contributed by atoms with van der Waals surface area (Å²) in [7, 11) is 0. The van der Waals surface area contributed by atoms with Crippen molar-refractivity contribution in [1.82, 2.24) is 10.4 Å². The van der Waals surface area contributed by atoms with Crippen LogP contribution in [-0.4, -0.2) is 33.4 Å². The number of hydrazone groups is 1. The highest BCUT2D eigenvalue weighted by Gasteiger charge is 2.16. The second-order valence-electron chi connectivity index (χ2n) is 4.64. The number of carbonyl (C=O) groups is 2. The third-order valence-corrected chi connectivity index (χ3v) is 2.96. The van der Waals surface area contributed by atoms with E-state index in [-0.39, 0.29) is 11.4 Å². The van der Waals surface area contributed by atoms with Crippen LogP contribution in [0.5, 0.6) is 0 Å². The number of benzene rings is 1. The molecule has 1 heterocycles. The topological polar surface area (TPSA) is 116 Å². The fourth-order valence-corrected chi connectivity index (χ4v) is 1.75. The smallest absolute Gasteiger partial charge is 0.279 e. The molecule has 0 aliphatic carbocycles. The van der Waals surface area contributed by atoms with Gasteiger partial charge in [-0.1, -0.05) is 23.4 Å². The molecule has 0 radical (unpaired) electrons. The molecule has 0 atom stereocenters. The monoisotopic (exact) mass is 325 g/mol. The molecule has 0 unspecified atom stereocenters. The molecule has 3 N–H and O–H groups in total. The maximum Gasteiger partial charge on any atom is 0.279 e. The number of nitrogens with zero attached hydrogens (tertiary/aromatic N) is 3.